The lowest BCUT2D eigenvalue weighted by atomic mass is 9.98. The van der Waals surface area contributed by atoms with Crippen LogP contribution in [-0.2, 0) is 4.79 Å². The zero-order valence-corrected chi connectivity index (χ0v) is 14.3. The van der Waals surface area contributed by atoms with E-state index in [4.69, 9.17) is 10.5 Å². The summed E-state index contributed by atoms with van der Waals surface area (Å²) in [5.74, 6) is 0.893. The maximum absolute atomic E-state index is 12.1. The zero-order chi connectivity index (χ0) is 15.3. The topological polar surface area (TPSA) is 64.3 Å². The number of rotatable bonds is 6. The van der Waals surface area contributed by atoms with Gasteiger partial charge in [-0.1, -0.05) is 25.0 Å². The SMILES string of the molecule is Cc1ccc(C)c(OCCC(=O)NC2(CN)CCCC2)c1.Cl. The van der Waals surface area contributed by atoms with Gasteiger partial charge in [-0.15, -0.1) is 12.4 Å². The van der Waals surface area contributed by atoms with Crippen molar-refractivity contribution in [2.24, 2.45) is 5.73 Å². The highest BCUT2D eigenvalue weighted by atomic mass is 35.5. The second kappa shape index (κ2) is 8.39. The maximum Gasteiger partial charge on any atom is 0.223 e. The number of benzene rings is 1. The van der Waals surface area contributed by atoms with Crippen molar-refractivity contribution >= 4 is 18.3 Å². The van der Waals surface area contributed by atoms with E-state index in [1.54, 1.807) is 0 Å². The van der Waals surface area contributed by atoms with E-state index in [9.17, 15) is 4.79 Å². The number of ether oxygens (including phenoxy) is 1. The van der Waals surface area contributed by atoms with Gasteiger partial charge in [-0.2, -0.15) is 0 Å². The van der Waals surface area contributed by atoms with Crippen molar-refractivity contribution in [3.8, 4) is 5.75 Å². The zero-order valence-electron chi connectivity index (χ0n) is 13.5. The molecule has 1 saturated carbocycles. The second-order valence-corrected chi connectivity index (χ2v) is 6.11. The predicted octanol–water partition coefficient (Wildman–Crippen LogP) is 2.88. The Labute approximate surface area is 139 Å². The van der Waals surface area contributed by atoms with Gasteiger partial charge in [0.15, 0.2) is 0 Å². The normalized spacial score (nSPS) is 16.0. The van der Waals surface area contributed by atoms with E-state index in [0.717, 1.165) is 42.6 Å². The van der Waals surface area contributed by atoms with E-state index in [2.05, 4.69) is 11.4 Å². The van der Waals surface area contributed by atoms with Crippen LogP contribution in [0.3, 0.4) is 0 Å². The van der Waals surface area contributed by atoms with Crippen molar-refractivity contribution in [1.29, 1.82) is 0 Å². The van der Waals surface area contributed by atoms with Crippen LogP contribution in [0.5, 0.6) is 5.75 Å². The van der Waals surface area contributed by atoms with Gasteiger partial charge >= 0.3 is 0 Å². The summed E-state index contributed by atoms with van der Waals surface area (Å²) in [6.45, 7) is 4.97. The first-order valence-electron chi connectivity index (χ1n) is 7.76. The molecular formula is C17H27ClN2O2. The number of nitrogens with one attached hydrogen (secondary N) is 1. The Balaban J connectivity index is 0.00000242. The van der Waals surface area contributed by atoms with E-state index in [0.29, 0.717) is 19.6 Å². The molecule has 3 N–H and O–H groups in total. The highest BCUT2D eigenvalue weighted by molar-refractivity contribution is 5.85. The summed E-state index contributed by atoms with van der Waals surface area (Å²) in [5.41, 5.74) is 7.91. The number of amides is 1. The highest BCUT2D eigenvalue weighted by Crippen LogP contribution is 2.28. The van der Waals surface area contributed by atoms with E-state index in [1.807, 2.05) is 26.0 Å². The summed E-state index contributed by atoms with van der Waals surface area (Å²) in [6, 6.07) is 6.10. The van der Waals surface area contributed by atoms with E-state index in [1.165, 1.54) is 0 Å². The molecule has 1 aliphatic carbocycles. The lowest BCUT2D eigenvalue weighted by Crippen LogP contribution is -2.51. The first-order valence-corrected chi connectivity index (χ1v) is 7.76. The molecule has 5 heteroatoms. The number of nitrogens with two attached hydrogens (primary N) is 1. The van der Waals surface area contributed by atoms with Crippen molar-refractivity contribution < 1.29 is 9.53 Å². The van der Waals surface area contributed by atoms with Gasteiger partial charge in [0.25, 0.3) is 0 Å². The minimum atomic E-state index is -0.170. The average molecular weight is 327 g/mol. The Kier molecular flexibility index (Phi) is 7.17. The van der Waals surface area contributed by atoms with Gasteiger partial charge in [-0.05, 0) is 43.9 Å². The molecule has 1 aliphatic rings. The van der Waals surface area contributed by atoms with Gasteiger partial charge in [0.05, 0.1) is 18.6 Å². The Bertz CT molecular complexity index is 499. The smallest absolute Gasteiger partial charge is 0.223 e. The van der Waals surface area contributed by atoms with Crippen molar-refractivity contribution in [1.82, 2.24) is 5.32 Å². The van der Waals surface area contributed by atoms with Crippen LogP contribution in [0, 0.1) is 13.8 Å². The summed E-state index contributed by atoms with van der Waals surface area (Å²) in [5, 5.41) is 3.11. The third kappa shape index (κ3) is 4.89. The highest BCUT2D eigenvalue weighted by Gasteiger charge is 2.33. The molecule has 0 heterocycles. The summed E-state index contributed by atoms with van der Waals surface area (Å²) in [7, 11) is 0. The third-order valence-corrected chi connectivity index (χ3v) is 4.29. The molecule has 0 spiro atoms. The fourth-order valence-corrected chi connectivity index (χ4v) is 2.91. The summed E-state index contributed by atoms with van der Waals surface area (Å²) in [4.78, 5) is 12.1. The third-order valence-electron chi connectivity index (χ3n) is 4.29. The number of carbonyl (C=O) groups is 1. The van der Waals surface area contributed by atoms with Gasteiger partial charge in [-0.25, -0.2) is 0 Å². The molecule has 0 radical (unpaired) electrons. The number of hydrogen-bond acceptors (Lipinski definition) is 3. The molecule has 0 saturated heterocycles. The molecule has 1 amide bonds. The molecule has 1 fully saturated rings. The van der Waals surface area contributed by atoms with Crippen LogP contribution in [0.1, 0.15) is 43.2 Å². The van der Waals surface area contributed by atoms with Crippen LogP contribution in [-0.4, -0.2) is 24.6 Å². The molecule has 0 aliphatic heterocycles. The van der Waals surface area contributed by atoms with Crippen molar-refractivity contribution in [3.63, 3.8) is 0 Å². The van der Waals surface area contributed by atoms with Crippen LogP contribution >= 0.6 is 12.4 Å². The summed E-state index contributed by atoms with van der Waals surface area (Å²) >= 11 is 0. The minimum Gasteiger partial charge on any atom is -0.493 e. The molecule has 0 atom stereocenters. The molecular weight excluding hydrogens is 300 g/mol. The van der Waals surface area contributed by atoms with Crippen molar-refractivity contribution in [2.75, 3.05) is 13.2 Å². The number of carbonyl (C=O) groups excluding carboxylic acids is 1. The standard InChI is InChI=1S/C17H26N2O2.ClH/c1-13-5-6-14(2)15(11-13)21-10-7-16(20)19-17(12-18)8-3-4-9-17;/h5-6,11H,3-4,7-10,12,18H2,1-2H3,(H,19,20);1H. The van der Waals surface area contributed by atoms with Crippen LogP contribution in [0.15, 0.2) is 18.2 Å². The summed E-state index contributed by atoms with van der Waals surface area (Å²) < 4.78 is 5.73. The fourth-order valence-electron chi connectivity index (χ4n) is 2.91. The van der Waals surface area contributed by atoms with Gasteiger partial charge in [0, 0.05) is 6.54 Å². The van der Waals surface area contributed by atoms with Gasteiger partial charge < -0.3 is 15.8 Å². The average Bonchev–Trinajstić information content (AvgIpc) is 2.91. The quantitative estimate of drug-likeness (QED) is 0.845. The van der Waals surface area contributed by atoms with E-state index >= 15 is 0 Å². The molecule has 1 aromatic rings. The fraction of sp³-hybridized carbons (Fsp3) is 0.588. The van der Waals surface area contributed by atoms with Gasteiger partial charge in [0.2, 0.25) is 5.91 Å². The number of aryl methyl sites for hydroxylation is 2. The Morgan fingerprint density at radius 3 is 2.64 bits per heavy atom. The molecule has 4 nitrogen and oxygen atoms in total. The lowest BCUT2D eigenvalue weighted by Gasteiger charge is -2.28. The van der Waals surface area contributed by atoms with Crippen molar-refractivity contribution in [2.45, 2.75) is 51.5 Å². The van der Waals surface area contributed by atoms with Crippen molar-refractivity contribution in [3.05, 3.63) is 29.3 Å². The molecule has 1 aromatic carbocycles. The molecule has 0 unspecified atom stereocenters. The largest absolute Gasteiger partial charge is 0.493 e. The second-order valence-electron chi connectivity index (χ2n) is 6.11. The first-order chi connectivity index (χ1) is 10.0. The number of hydrogen-bond donors (Lipinski definition) is 2. The number of halogens is 1. The summed E-state index contributed by atoms with van der Waals surface area (Å²) in [6.07, 6.45) is 4.65. The Morgan fingerprint density at radius 1 is 1.32 bits per heavy atom. The van der Waals surface area contributed by atoms with Crippen LogP contribution in [0.25, 0.3) is 0 Å². The van der Waals surface area contributed by atoms with Gasteiger partial charge in [-0.3, -0.25) is 4.79 Å². The van der Waals surface area contributed by atoms with Crippen LogP contribution in [0.4, 0.5) is 0 Å². The molecule has 0 aromatic heterocycles. The van der Waals surface area contributed by atoms with Crippen LogP contribution in [0.2, 0.25) is 0 Å². The van der Waals surface area contributed by atoms with E-state index in [-0.39, 0.29) is 23.9 Å². The van der Waals surface area contributed by atoms with Crippen LogP contribution < -0.4 is 15.8 Å². The molecule has 124 valence electrons. The molecule has 0 bridgehead atoms. The lowest BCUT2D eigenvalue weighted by molar-refractivity contribution is -0.123. The monoisotopic (exact) mass is 326 g/mol. The minimum absolute atomic E-state index is 0. The molecule has 22 heavy (non-hydrogen) atoms. The maximum atomic E-state index is 12.1. The van der Waals surface area contributed by atoms with E-state index < -0.39 is 0 Å². The Morgan fingerprint density at radius 2 is 2.00 bits per heavy atom. The molecule has 2 rings (SSSR count). The van der Waals surface area contributed by atoms with Gasteiger partial charge in [0.1, 0.15) is 5.75 Å². The Hall–Kier alpha value is -1.26. The first kappa shape index (κ1) is 18.8. The predicted molar refractivity (Wildman–Crippen MR) is 91.7 cm³/mol.